The van der Waals surface area contributed by atoms with E-state index in [9.17, 15) is 9.18 Å². The third-order valence-corrected chi connectivity index (χ3v) is 4.53. The van der Waals surface area contributed by atoms with E-state index in [2.05, 4.69) is 5.32 Å². The maximum atomic E-state index is 13.0. The van der Waals surface area contributed by atoms with E-state index in [-0.39, 0.29) is 11.7 Å². The van der Waals surface area contributed by atoms with Gasteiger partial charge in [0.25, 0.3) is 5.91 Å². The molecule has 0 aliphatic rings. The standard InChI is InChI=1S/C19H16FNO2S/c1-2-23-16-6-4-3-5-15(16)21-19(22)18-12-11-17(24-18)13-7-9-14(20)10-8-13/h3-12H,2H2,1H3,(H,21,22). The van der Waals surface area contributed by atoms with Crippen LogP contribution in [0.3, 0.4) is 0 Å². The highest BCUT2D eigenvalue weighted by molar-refractivity contribution is 7.17. The van der Waals surface area contributed by atoms with Gasteiger partial charge in [0.1, 0.15) is 11.6 Å². The summed E-state index contributed by atoms with van der Waals surface area (Å²) in [4.78, 5) is 14.0. The highest BCUT2D eigenvalue weighted by atomic mass is 32.1. The van der Waals surface area contributed by atoms with Crippen LogP contribution in [0.2, 0.25) is 0 Å². The van der Waals surface area contributed by atoms with Gasteiger partial charge in [0, 0.05) is 4.88 Å². The first kappa shape index (κ1) is 16.2. The second-order valence-electron chi connectivity index (χ2n) is 5.05. The number of nitrogens with one attached hydrogen (secondary N) is 1. The first-order valence-corrected chi connectivity index (χ1v) is 8.38. The minimum Gasteiger partial charge on any atom is -0.492 e. The molecule has 0 unspecified atom stereocenters. The van der Waals surface area contributed by atoms with Gasteiger partial charge in [-0.25, -0.2) is 4.39 Å². The fraction of sp³-hybridized carbons (Fsp3) is 0.105. The smallest absolute Gasteiger partial charge is 0.265 e. The van der Waals surface area contributed by atoms with E-state index in [1.165, 1.54) is 23.5 Å². The Morgan fingerprint density at radius 3 is 2.58 bits per heavy atom. The molecule has 1 aromatic heterocycles. The number of amides is 1. The second kappa shape index (κ2) is 7.27. The molecule has 1 N–H and O–H groups in total. The molecule has 1 heterocycles. The van der Waals surface area contributed by atoms with Crippen molar-refractivity contribution in [3.8, 4) is 16.2 Å². The maximum absolute atomic E-state index is 13.0. The Morgan fingerprint density at radius 1 is 1.08 bits per heavy atom. The summed E-state index contributed by atoms with van der Waals surface area (Å²) < 4.78 is 18.5. The average molecular weight is 341 g/mol. The highest BCUT2D eigenvalue weighted by Crippen LogP contribution is 2.30. The van der Waals surface area contributed by atoms with Gasteiger partial charge < -0.3 is 10.1 Å². The number of carbonyl (C=O) groups is 1. The summed E-state index contributed by atoms with van der Waals surface area (Å²) in [6.45, 7) is 2.42. The van der Waals surface area contributed by atoms with Crippen molar-refractivity contribution in [3.05, 3.63) is 71.4 Å². The molecule has 0 aliphatic carbocycles. The van der Waals surface area contributed by atoms with Crippen LogP contribution in [0.4, 0.5) is 10.1 Å². The van der Waals surface area contributed by atoms with Crippen LogP contribution in [0, 0.1) is 5.82 Å². The van der Waals surface area contributed by atoms with E-state index in [0.717, 1.165) is 10.4 Å². The third kappa shape index (κ3) is 3.63. The zero-order chi connectivity index (χ0) is 16.9. The molecule has 5 heteroatoms. The molecule has 2 aromatic carbocycles. The number of carbonyl (C=O) groups excluding carboxylic acids is 1. The van der Waals surface area contributed by atoms with Crippen LogP contribution in [0.25, 0.3) is 10.4 Å². The zero-order valence-electron chi connectivity index (χ0n) is 13.1. The van der Waals surface area contributed by atoms with Crippen molar-refractivity contribution in [1.82, 2.24) is 0 Å². The molecule has 24 heavy (non-hydrogen) atoms. The molecule has 1 amide bonds. The molecular formula is C19H16FNO2S. The summed E-state index contributed by atoms with van der Waals surface area (Å²) in [6.07, 6.45) is 0. The third-order valence-electron chi connectivity index (χ3n) is 3.39. The molecule has 3 rings (SSSR count). The molecule has 0 fully saturated rings. The summed E-state index contributed by atoms with van der Waals surface area (Å²) >= 11 is 1.36. The van der Waals surface area contributed by atoms with Crippen molar-refractivity contribution in [3.63, 3.8) is 0 Å². The Bertz CT molecular complexity index is 843. The van der Waals surface area contributed by atoms with E-state index < -0.39 is 0 Å². The van der Waals surface area contributed by atoms with Crippen LogP contribution in [-0.2, 0) is 0 Å². The van der Waals surface area contributed by atoms with Gasteiger partial charge in [-0.1, -0.05) is 24.3 Å². The zero-order valence-corrected chi connectivity index (χ0v) is 13.9. The first-order chi connectivity index (χ1) is 11.7. The van der Waals surface area contributed by atoms with Gasteiger partial charge in [-0.2, -0.15) is 0 Å². The van der Waals surface area contributed by atoms with Crippen LogP contribution >= 0.6 is 11.3 Å². The molecule has 0 bridgehead atoms. The Hall–Kier alpha value is -2.66. The van der Waals surface area contributed by atoms with Gasteiger partial charge in [0.15, 0.2) is 0 Å². The number of hydrogen-bond acceptors (Lipinski definition) is 3. The number of halogens is 1. The number of rotatable bonds is 5. The fourth-order valence-electron chi connectivity index (χ4n) is 2.26. The monoisotopic (exact) mass is 341 g/mol. The lowest BCUT2D eigenvalue weighted by Gasteiger charge is -2.10. The molecule has 3 aromatic rings. The van der Waals surface area contributed by atoms with Gasteiger partial charge in [-0.3, -0.25) is 4.79 Å². The first-order valence-electron chi connectivity index (χ1n) is 7.56. The van der Waals surface area contributed by atoms with Crippen molar-refractivity contribution in [2.24, 2.45) is 0 Å². The highest BCUT2D eigenvalue weighted by Gasteiger charge is 2.13. The van der Waals surface area contributed by atoms with Crippen LogP contribution in [-0.4, -0.2) is 12.5 Å². The van der Waals surface area contributed by atoms with Gasteiger partial charge in [-0.05, 0) is 48.9 Å². The summed E-state index contributed by atoms with van der Waals surface area (Å²) in [5.41, 5.74) is 1.52. The minimum atomic E-state index is -0.277. The molecule has 0 saturated carbocycles. The van der Waals surface area contributed by atoms with E-state index in [1.807, 2.05) is 31.2 Å². The number of anilines is 1. The van der Waals surface area contributed by atoms with Gasteiger partial charge in [0.2, 0.25) is 0 Å². The van der Waals surface area contributed by atoms with Crippen LogP contribution in [0.15, 0.2) is 60.7 Å². The van der Waals surface area contributed by atoms with Crippen LogP contribution < -0.4 is 10.1 Å². The van der Waals surface area contributed by atoms with E-state index in [0.29, 0.717) is 22.9 Å². The molecule has 0 saturated heterocycles. The number of hydrogen-bond donors (Lipinski definition) is 1. The topological polar surface area (TPSA) is 38.3 Å². The van der Waals surface area contributed by atoms with Crippen LogP contribution in [0.5, 0.6) is 5.75 Å². The summed E-state index contributed by atoms with van der Waals surface area (Å²) in [5, 5.41) is 2.87. The quantitative estimate of drug-likeness (QED) is 0.692. The second-order valence-corrected chi connectivity index (χ2v) is 6.14. The lowest BCUT2D eigenvalue weighted by Crippen LogP contribution is -2.11. The van der Waals surface area contributed by atoms with Gasteiger partial charge in [-0.15, -0.1) is 11.3 Å². The van der Waals surface area contributed by atoms with Crippen molar-refractivity contribution in [1.29, 1.82) is 0 Å². The molecule has 0 aliphatic heterocycles. The number of ether oxygens (including phenoxy) is 1. The Balaban J connectivity index is 1.78. The summed E-state index contributed by atoms with van der Waals surface area (Å²) in [7, 11) is 0. The Kier molecular flexibility index (Phi) is 4.91. The van der Waals surface area contributed by atoms with Gasteiger partial charge >= 0.3 is 0 Å². The molecule has 0 atom stereocenters. The van der Waals surface area contributed by atoms with E-state index >= 15 is 0 Å². The Labute approximate surface area is 143 Å². The van der Waals surface area contributed by atoms with E-state index in [4.69, 9.17) is 4.74 Å². The van der Waals surface area contributed by atoms with Crippen LogP contribution in [0.1, 0.15) is 16.6 Å². The number of benzene rings is 2. The predicted molar refractivity (Wildman–Crippen MR) is 95.3 cm³/mol. The summed E-state index contributed by atoms with van der Waals surface area (Å²) in [5.74, 6) is 0.171. The van der Waals surface area contributed by atoms with E-state index in [1.54, 1.807) is 24.3 Å². The molecular weight excluding hydrogens is 325 g/mol. The molecule has 0 radical (unpaired) electrons. The Morgan fingerprint density at radius 2 is 1.83 bits per heavy atom. The maximum Gasteiger partial charge on any atom is 0.265 e. The summed E-state index contributed by atoms with van der Waals surface area (Å²) in [6, 6.07) is 17.2. The fourth-order valence-corrected chi connectivity index (χ4v) is 3.17. The molecule has 3 nitrogen and oxygen atoms in total. The lowest BCUT2D eigenvalue weighted by molar-refractivity contribution is 0.103. The van der Waals surface area contributed by atoms with Crippen molar-refractivity contribution < 1.29 is 13.9 Å². The predicted octanol–water partition coefficient (Wildman–Crippen LogP) is 5.21. The van der Waals surface area contributed by atoms with Crippen molar-refractivity contribution in [2.45, 2.75) is 6.92 Å². The lowest BCUT2D eigenvalue weighted by atomic mass is 10.2. The van der Waals surface area contributed by atoms with Gasteiger partial charge in [0.05, 0.1) is 17.2 Å². The van der Waals surface area contributed by atoms with Crippen molar-refractivity contribution >= 4 is 22.9 Å². The average Bonchev–Trinajstić information content (AvgIpc) is 3.08. The largest absolute Gasteiger partial charge is 0.492 e. The number of thiophene rings is 1. The number of para-hydroxylation sites is 2. The molecule has 122 valence electrons. The normalized spacial score (nSPS) is 10.4. The molecule has 0 spiro atoms. The minimum absolute atomic E-state index is 0.194. The SMILES string of the molecule is CCOc1ccccc1NC(=O)c1ccc(-c2ccc(F)cc2)s1. The van der Waals surface area contributed by atoms with Crippen molar-refractivity contribution in [2.75, 3.05) is 11.9 Å².